The molecule has 2 unspecified atom stereocenters. The van der Waals surface area contributed by atoms with Crippen LogP contribution < -0.4 is 0 Å². The Morgan fingerprint density at radius 2 is 2.11 bits per heavy atom. The van der Waals surface area contributed by atoms with E-state index in [0.717, 1.165) is 35.8 Å². The first-order valence-corrected chi connectivity index (χ1v) is 7.50. The van der Waals surface area contributed by atoms with Crippen molar-refractivity contribution < 1.29 is 9.90 Å². The molecule has 104 valence electrons. The number of aliphatic carboxylic acids is 1. The van der Waals surface area contributed by atoms with Gasteiger partial charge in [0, 0.05) is 10.5 Å². The van der Waals surface area contributed by atoms with Gasteiger partial charge in [-0.05, 0) is 51.3 Å². The second-order valence-electron chi connectivity index (χ2n) is 5.43. The summed E-state index contributed by atoms with van der Waals surface area (Å²) in [5, 5.41) is 9.58. The highest BCUT2D eigenvalue weighted by Crippen LogP contribution is 2.37. The highest BCUT2D eigenvalue weighted by molar-refractivity contribution is 9.10. The first-order chi connectivity index (χ1) is 8.97. The van der Waals surface area contributed by atoms with Crippen molar-refractivity contribution in [2.75, 3.05) is 6.54 Å². The molecule has 4 heteroatoms. The highest BCUT2D eigenvalue weighted by Gasteiger charge is 2.43. The average Bonchev–Trinajstić information content (AvgIpc) is 2.39. The van der Waals surface area contributed by atoms with Crippen LogP contribution in [0.2, 0.25) is 0 Å². The van der Waals surface area contributed by atoms with Gasteiger partial charge in [-0.1, -0.05) is 34.1 Å². The van der Waals surface area contributed by atoms with Gasteiger partial charge in [0.05, 0.1) is 0 Å². The fourth-order valence-corrected chi connectivity index (χ4v) is 3.59. The van der Waals surface area contributed by atoms with Crippen molar-refractivity contribution in [2.45, 2.75) is 44.7 Å². The molecule has 3 nitrogen and oxygen atoms in total. The molecule has 1 aromatic rings. The summed E-state index contributed by atoms with van der Waals surface area (Å²) < 4.78 is 1.04. The third-order valence-electron chi connectivity index (χ3n) is 4.23. The number of benzene rings is 1. The lowest BCUT2D eigenvalue weighted by Crippen LogP contribution is -2.55. The summed E-state index contributed by atoms with van der Waals surface area (Å²) in [6.45, 7) is 4.78. The quantitative estimate of drug-likeness (QED) is 0.917. The fraction of sp³-hybridized carbons (Fsp3) is 0.533. The first kappa shape index (κ1) is 14.5. The van der Waals surface area contributed by atoms with Gasteiger partial charge in [-0.2, -0.15) is 0 Å². The summed E-state index contributed by atoms with van der Waals surface area (Å²) in [5.74, 6) is -0.717. The van der Waals surface area contributed by atoms with Crippen LogP contribution in [0.5, 0.6) is 0 Å². The van der Waals surface area contributed by atoms with E-state index in [4.69, 9.17) is 0 Å². The number of halogens is 1. The van der Waals surface area contributed by atoms with E-state index in [1.54, 1.807) is 0 Å². The lowest BCUT2D eigenvalue weighted by molar-refractivity contribution is -0.155. The van der Waals surface area contributed by atoms with Crippen molar-refractivity contribution in [1.29, 1.82) is 0 Å². The van der Waals surface area contributed by atoms with Crippen molar-refractivity contribution in [2.24, 2.45) is 0 Å². The van der Waals surface area contributed by atoms with Crippen LogP contribution in [0.15, 0.2) is 28.7 Å². The second-order valence-corrected chi connectivity index (χ2v) is 6.28. The van der Waals surface area contributed by atoms with E-state index in [0.29, 0.717) is 0 Å². The van der Waals surface area contributed by atoms with Gasteiger partial charge in [-0.25, -0.2) is 0 Å². The van der Waals surface area contributed by atoms with Gasteiger partial charge >= 0.3 is 5.97 Å². The number of carboxylic acids is 1. The van der Waals surface area contributed by atoms with Crippen molar-refractivity contribution in [3.8, 4) is 0 Å². The van der Waals surface area contributed by atoms with Crippen LogP contribution in [-0.2, 0) is 4.79 Å². The zero-order chi connectivity index (χ0) is 14.0. The molecule has 1 aliphatic heterocycles. The molecule has 2 rings (SSSR count). The van der Waals surface area contributed by atoms with Gasteiger partial charge in [0.15, 0.2) is 0 Å². The Balaban J connectivity index is 2.33. The van der Waals surface area contributed by atoms with Gasteiger partial charge in [0.1, 0.15) is 5.54 Å². The van der Waals surface area contributed by atoms with Crippen molar-refractivity contribution in [3.05, 3.63) is 34.3 Å². The van der Waals surface area contributed by atoms with Crippen LogP contribution in [0.1, 0.15) is 44.7 Å². The largest absolute Gasteiger partial charge is 0.480 e. The molecule has 1 saturated heterocycles. The van der Waals surface area contributed by atoms with E-state index in [-0.39, 0.29) is 6.04 Å². The monoisotopic (exact) mass is 325 g/mol. The van der Waals surface area contributed by atoms with E-state index >= 15 is 0 Å². The zero-order valence-corrected chi connectivity index (χ0v) is 13.0. The number of hydrogen-bond donors (Lipinski definition) is 1. The third-order valence-corrected chi connectivity index (χ3v) is 4.95. The number of hydrogen-bond acceptors (Lipinski definition) is 2. The van der Waals surface area contributed by atoms with Crippen LogP contribution in [0.25, 0.3) is 0 Å². The smallest absolute Gasteiger partial charge is 0.323 e. The molecule has 0 amide bonds. The maximum absolute atomic E-state index is 11.7. The summed E-state index contributed by atoms with van der Waals surface area (Å²) in [4.78, 5) is 13.8. The fourth-order valence-electron chi connectivity index (χ4n) is 2.97. The number of nitrogens with zero attached hydrogens (tertiary/aromatic N) is 1. The molecule has 0 aromatic heterocycles. The molecule has 0 saturated carbocycles. The normalized spacial score (nSPS) is 26.1. The van der Waals surface area contributed by atoms with Gasteiger partial charge in [-0.15, -0.1) is 0 Å². The Hall–Kier alpha value is -0.870. The molecule has 0 radical (unpaired) electrons. The lowest BCUT2D eigenvalue weighted by atomic mass is 9.86. The summed E-state index contributed by atoms with van der Waals surface area (Å²) in [7, 11) is 0. The summed E-state index contributed by atoms with van der Waals surface area (Å²) in [5.41, 5.74) is 0.393. The Morgan fingerprint density at radius 3 is 2.74 bits per heavy atom. The molecule has 19 heavy (non-hydrogen) atoms. The van der Waals surface area contributed by atoms with Crippen LogP contribution in [0, 0.1) is 0 Å². The van der Waals surface area contributed by atoms with Crippen LogP contribution in [-0.4, -0.2) is 28.1 Å². The molecule has 1 heterocycles. The van der Waals surface area contributed by atoms with Gasteiger partial charge < -0.3 is 5.11 Å². The molecule has 1 fully saturated rings. The average molecular weight is 326 g/mol. The molecule has 2 atom stereocenters. The van der Waals surface area contributed by atoms with E-state index in [1.807, 2.05) is 25.1 Å². The lowest BCUT2D eigenvalue weighted by Gasteiger charge is -2.45. The number of carboxylic acid groups (broad SMARTS) is 1. The maximum Gasteiger partial charge on any atom is 0.323 e. The molecular weight excluding hydrogens is 306 g/mol. The molecule has 1 aromatic carbocycles. The van der Waals surface area contributed by atoms with Gasteiger partial charge in [0.2, 0.25) is 0 Å². The molecule has 0 aliphatic carbocycles. The van der Waals surface area contributed by atoms with Crippen molar-refractivity contribution >= 4 is 21.9 Å². The number of likely N-dealkylation sites (tertiary alicyclic amines) is 1. The predicted octanol–water partition coefficient (Wildman–Crippen LogP) is 3.84. The minimum absolute atomic E-state index is 0.0944. The maximum atomic E-state index is 11.7. The molecule has 0 bridgehead atoms. The van der Waals surface area contributed by atoms with Crippen LogP contribution in [0.4, 0.5) is 0 Å². The Labute approximate surface area is 122 Å². The molecule has 1 aliphatic rings. The van der Waals surface area contributed by atoms with Crippen LogP contribution in [0.3, 0.4) is 0 Å². The molecular formula is C15H20BrNO2. The number of rotatable bonds is 3. The summed E-state index contributed by atoms with van der Waals surface area (Å²) in [6.07, 6.45) is 2.77. The SMILES string of the molecule is CC(c1ccccc1Br)N1CCCCC1(C)C(=O)O. The zero-order valence-electron chi connectivity index (χ0n) is 11.4. The van der Waals surface area contributed by atoms with Crippen LogP contribution >= 0.6 is 15.9 Å². The molecule has 0 spiro atoms. The number of carbonyl (C=O) groups is 1. The van der Waals surface area contributed by atoms with E-state index in [1.165, 1.54) is 0 Å². The predicted molar refractivity (Wildman–Crippen MR) is 79.2 cm³/mol. The minimum atomic E-state index is -0.757. The van der Waals surface area contributed by atoms with E-state index < -0.39 is 11.5 Å². The Kier molecular flexibility index (Phi) is 4.31. The summed E-state index contributed by atoms with van der Waals surface area (Å²) in [6, 6.07) is 8.14. The van der Waals surface area contributed by atoms with Gasteiger partial charge in [-0.3, -0.25) is 9.69 Å². The second kappa shape index (κ2) is 5.63. The number of piperidine rings is 1. The third kappa shape index (κ3) is 2.70. The standard InChI is InChI=1S/C15H20BrNO2/c1-11(12-7-3-4-8-13(12)16)17-10-6-5-9-15(17,2)14(18)19/h3-4,7-8,11H,5-6,9-10H2,1-2H3,(H,18,19). The topological polar surface area (TPSA) is 40.5 Å². The molecule has 1 N–H and O–H groups in total. The van der Waals surface area contributed by atoms with E-state index in [2.05, 4.69) is 33.8 Å². The minimum Gasteiger partial charge on any atom is -0.480 e. The van der Waals surface area contributed by atoms with Gasteiger partial charge in [0.25, 0.3) is 0 Å². The summed E-state index contributed by atoms with van der Waals surface area (Å²) >= 11 is 3.56. The van der Waals surface area contributed by atoms with E-state index in [9.17, 15) is 9.90 Å². The highest BCUT2D eigenvalue weighted by atomic mass is 79.9. The van der Waals surface area contributed by atoms with Crippen molar-refractivity contribution in [1.82, 2.24) is 4.90 Å². The first-order valence-electron chi connectivity index (χ1n) is 6.71. The Bertz CT molecular complexity index is 477. The Morgan fingerprint density at radius 1 is 1.42 bits per heavy atom. The van der Waals surface area contributed by atoms with Crippen molar-refractivity contribution in [3.63, 3.8) is 0 Å².